The first-order valence-electron chi connectivity index (χ1n) is 6.72. The predicted molar refractivity (Wildman–Crippen MR) is 87.3 cm³/mol. The van der Waals surface area contributed by atoms with Crippen molar-refractivity contribution in [3.8, 4) is 5.75 Å². The van der Waals surface area contributed by atoms with Crippen LogP contribution >= 0.6 is 27.5 Å². The Morgan fingerprint density at radius 2 is 1.95 bits per heavy atom. The van der Waals surface area contributed by atoms with Gasteiger partial charge in [0.2, 0.25) is 0 Å². The molecule has 1 aliphatic rings. The predicted octanol–water partition coefficient (Wildman–Crippen LogP) is 5.38. The fourth-order valence-corrected chi connectivity index (χ4v) is 3.62. The molecule has 2 aromatic rings. The molecule has 0 saturated carbocycles. The minimum absolute atomic E-state index is 0.185. The van der Waals surface area contributed by atoms with Crippen LogP contribution in [0.4, 0.5) is 0 Å². The third-order valence-corrected chi connectivity index (χ3v) is 5.26. The van der Waals surface area contributed by atoms with Crippen LogP contribution in [0.2, 0.25) is 5.02 Å². The maximum atomic E-state index is 6.18. The summed E-state index contributed by atoms with van der Waals surface area (Å²) in [6.07, 6.45) is 1.00. The van der Waals surface area contributed by atoms with Crippen molar-refractivity contribution in [3.63, 3.8) is 0 Å². The molecule has 0 aromatic heterocycles. The molecule has 104 valence electrons. The third-order valence-electron chi connectivity index (χ3n) is 3.83. The van der Waals surface area contributed by atoms with E-state index in [1.807, 2.05) is 13.0 Å². The molecule has 0 aliphatic carbocycles. The number of ether oxygens (including phenoxy) is 1. The number of rotatable bonds is 2. The molecule has 1 aliphatic heterocycles. The molecule has 0 amide bonds. The van der Waals surface area contributed by atoms with Gasteiger partial charge in [-0.1, -0.05) is 45.7 Å². The van der Waals surface area contributed by atoms with Gasteiger partial charge >= 0.3 is 0 Å². The van der Waals surface area contributed by atoms with E-state index in [-0.39, 0.29) is 4.83 Å². The SMILES string of the molecule is Cc1cc(C(Br)c2ccc3c(c2)CCO3)c(C)cc1Cl. The lowest BCUT2D eigenvalue weighted by molar-refractivity contribution is 0.357. The highest BCUT2D eigenvalue weighted by Crippen LogP contribution is 2.37. The molecule has 2 aromatic carbocycles. The van der Waals surface area contributed by atoms with E-state index in [9.17, 15) is 0 Å². The van der Waals surface area contributed by atoms with Gasteiger partial charge in [-0.2, -0.15) is 0 Å². The molecule has 3 heteroatoms. The van der Waals surface area contributed by atoms with Gasteiger partial charge in [-0.05, 0) is 53.8 Å². The molecule has 0 saturated heterocycles. The molecular weight excluding hydrogens is 336 g/mol. The third kappa shape index (κ3) is 2.47. The summed E-state index contributed by atoms with van der Waals surface area (Å²) < 4.78 is 5.56. The Kier molecular flexibility index (Phi) is 3.78. The van der Waals surface area contributed by atoms with Gasteiger partial charge in [-0.25, -0.2) is 0 Å². The van der Waals surface area contributed by atoms with Gasteiger partial charge in [0.05, 0.1) is 11.4 Å². The Morgan fingerprint density at radius 1 is 1.15 bits per heavy atom. The van der Waals surface area contributed by atoms with Crippen LogP contribution in [-0.2, 0) is 6.42 Å². The Labute approximate surface area is 133 Å². The maximum Gasteiger partial charge on any atom is 0.122 e. The summed E-state index contributed by atoms with van der Waals surface area (Å²) in [6.45, 7) is 4.94. The van der Waals surface area contributed by atoms with Gasteiger partial charge in [-0.15, -0.1) is 0 Å². The maximum absolute atomic E-state index is 6.18. The number of hydrogen-bond donors (Lipinski definition) is 0. The molecule has 1 nitrogen and oxygen atoms in total. The quantitative estimate of drug-likeness (QED) is 0.660. The molecule has 0 radical (unpaired) electrons. The lowest BCUT2D eigenvalue weighted by atomic mass is 9.97. The summed E-state index contributed by atoms with van der Waals surface area (Å²) in [7, 11) is 0. The zero-order valence-corrected chi connectivity index (χ0v) is 13.9. The van der Waals surface area contributed by atoms with Crippen molar-refractivity contribution in [3.05, 3.63) is 63.2 Å². The summed E-state index contributed by atoms with van der Waals surface area (Å²) in [6, 6.07) is 10.7. The molecule has 1 heterocycles. The van der Waals surface area contributed by atoms with Gasteiger partial charge in [0.15, 0.2) is 0 Å². The number of benzene rings is 2. The van der Waals surface area contributed by atoms with Crippen molar-refractivity contribution < 1.29 is 4.74 Å². The van der Waals surface area contributed by atoms with Gasteiger partial charge in [-0.3, -0.25) is 0 Å². The Bertz CT molecular complexity index is 666. The van der Waals surface area contributed by atoms with E-state index in [2.05, 4.69) is 47.1 Å². The molecule has 20 heavy (non-hydrogen) atoms. The van der Waals surface area contributed by atoms with Crippen LogP contribution in [0.5, 0.6) is 5.75 Å². The summed E-state index contributed by atoms with van der Waals surface area (Å²) in [5.41, 5.74) is 6.15. The van der Waals surface area contributed by atoms with E-state index in [0.717, 1.165) is 29.4 Å². The average Bonchev–Trinajstić information content (AvgIpc) is 2.89. The van der Waals surface area contributed by atoms with Crippen molar-refractivity contribution in [2.45, 2.75) is 25.1 Å². The lowest BCUT2D eigenvalue weighted by Gasteiger charge is -2.16. The number of hydrogen-bond acceptors (Lipinski definition) is 1. The second-order valence-electron chi connectivity index (χ2n) is 5.29. The van der Waals surface area contributed by atoms with Gasteiger partial charge < -0.3 is 4.74 Å². The number of halogens is 2. The molecule has 0 spiro atoms. The number of alkyl halides is 1. The molecule has 1 atom stereocenters. The summed E-state index contributed by atoms with van der Waals surface area (Å²) in [4.78, 5) is 0.185. The first-order valence-corrected chi connectivity index (χ1v) is 8.02. The fraction of sp³-hybridized carbons (Fsp3) is 0.294. The smallest absolute Gasteiger partial charge is 0.122 e. The molecule has 0 bridgehead atoms. The highest BCUT2D eigenvalue weighted by atomic mass is 79.9. The summed E-state index contributed by atoms with van der Waals surface area (Å²) >= 11 is 10.0. The fourth-order valence-electron chi connectivity index (χ4n) is 2.62. The first kappa shape index (κ1) is 14.0. The highest BCUT2D eigenvalue weighted by Gasteiger charge is 2.18. The first-order chi connectivity index (χ1) is 9.56. The van der Waals surface area contributed by atoms with E-state index in [4.69, 9.17) is 16.3 Å². The standard InChI is InChI=1S/C17H16BrClO/c1-10-8-15(19)11(2)7-14(10)17(18)13-3-4-16-12(9-13)5-6-20-16/h3-4,7-9,17H,5-6H2,1-2H3. The Hall–Kier alpha value is -0.990. The number of aryl methyl sites for hydroxylation is 2. The summed E-state index contributed by atoms with van der Waals surface area (Å²) in [5.74, 6) is 1.03. The van der Waals surface area contributed by atoms with Crippen LogP contribution in [0.1, 0.15) is 32.6 Å². The van der Waals surface area contributed by atoms with Gasteiger partial charge in [0, 0.05) is 11.4 Å². The normalized spacial score (nSPS) is 14.8. The van der Waals surface area contributed by atoms with Crippen molar-refractivity contribution in [2.24, 2.45) is 0 Å². The number of fused-ring (bicyclic) bond motifs is 1. The molecule has 3 rings (SSSR count). The van der Waals surface area contributed by atoms with Gasteiger partial charge in [0.1, 0.15) is 5.75 Å². The Morgan fingerprint density at radius 3 is 2.75 bits per heavy atom. The topological polar surface area (TPSA) is 9.23 Å². The van der Waals surface area contributed by atoms with Crippen LogP contribution in [0, 0.1) is 13.8 Å². The van der Waals surface area contributed by atoms with Gasteiger partial charge in [0.25, 0.3) is 0 Å². The lowest BCUT2D eigenvalue weighted by Crippen LogP contribution is -1.98. The largest absolute Gasteiger partial charge is 0.493 e. The van der Waals surface area contributed by atoms with E-state index >= 15 is 0 Å². The van der Waals surface area contributed by atoms with E-state index in [1.54, 1.807) is 0 Å². The van der Waals surface area contributed by atoms with E-state index in [1.165, 1.54) is 22.3 Å². The molecular formula is C17H16BrClO. The van der Waals surface area contributed by atoms with Crippen molar-refractivity contribution in [2.75, 3.05) is 6.61 Å². The second kappa shape index (κ2) is 5.42. The van der Waals surface area contributed by atoms with Crippen molar-refractivity contribution in [1.29, 1.82) is 0 Å². The molecule has 0 N–H and O–H groups in total. The minimum atomic E-state index is 0.185. The van der Waals surface area contributed by atoms with Crippen LogP contribution in [-0.4, -0.2) is 6.61 Å². The van der Waals surface area contributed by atoms with Crippen LogP contribution in [0.25, 0.3) is 0 Å². The van der Waals surface area contributed by atoms with Crippen molar-refractivity contribution in [1.82, 2.24) is 0 Å². The Balaban J connectivity index is 2.00. The van der Waals surface area contributed by atoms with Crippen LogP contribution < -0.4 is 4.74 Å². The van der Waals surface area contributed by atoms with E-state index in [0.29, 0.717) is 0 Å². The van der Waals surface area contributed by atoms with Crippen LogP contribution in [0.3, 0.4) is 0 Å². The minimum Gasteiger partial charge on any atom is -0.493 e. The second-order valence-corrected chi connectivity index (χ2v) is 6.61. The monoisotopic (exact) mass is 350 g/mol. The average molecular weight is 352 g/mol. The zero-order valence-electron chi connectivity index (χ0n) is 11.5. The molecule has 0 fully saturated rings. The highest BCUT2D eigenvalue weighted by molar-refractivity contribution is 9.09. The van der Waals surface area contributed by atoms with Crippen LogP contribution in [0.15, 0.2) is 30.3 Å². The zero-order chi connectivity index (χ0) is 14.3. The van der Waals surface area contributed by atoms with E-state index < -0.39 is 0 Å². The molecule has 1 unspecified atom stereocenters. The van der Waals surface area contributed by atoms with Crippen molar-refractivity contribution >= 4 is 27.5 Å². The summed E-state index contributed by atoms with van der Waals surface area (Å²) in [5, 5.41) is 0.827.